The number of hydrogen-bond acceptors (Lipinski definition) is 4. The summed E-state index contributed by atoms with van der Waals surface area (Å²) < 4.78 is 34.6. The standard InChI is InChI=1S/C17H22F2N2O4/c1-11(2)20-14(22)10-21(3)15(23)9-8-12-6-5-7-13(24-4)16(12)25-17(18)19/h5-9,11,17H,10H2,1-4H3,(H,20,22)/b9-8+. The fraction of sp³-hybridized carbons (Fsp3) is 0.412. The number of carbonyl (C=O) groups is 2. The molecule has 0 bridgehead atoms. The summed E-state index contributed by atoms with van der Waals surface area (Å²) in [7, 11) is 2.79. The Morgan fingerprint density at radius 1 is 1.32 bits per heavy atom. The third-order valence-electron chi connectivity index (χ3n) is 3.05. The highest BCUT2D eigenvalue weighted by molar-refractivity contribution is 5.94. The van der Waals surface area contributed by atoms with E-state index in [-0.39, 0.29) is 35.6 Å². The number of amides is 2. The maximum Gasteiger partial charge on any atom is 0.387 e. The summed E-state index contributed by atoms with van der Waals surface area (Å²) in [6.45, 7) is 0.487. The van der Waals surface area contributed by atoms with Crippen LogP contribution in [0.2, 0.25) is 0 Å². The lowest BCUT2D eigenvalue weighted by molar-refractivity contribution is -0.131. The Bertz CT molecular complexity index is 633. The highest BCUT2D eigenvalue weighted by Gasteiger charge is 2.15. The number of hydrogen-bond donors (Lipinski definition) is 1. The topological polar surface area (TPSA) is 67.9 Å². The average Bonchev–Trinajstić information content (AvgIpc) is 2.51. The molecule has 1 aromatic rings. The van der Waals surface area contributed by atoms with E-state index in [1.807, 2.05) is 13.8 Å². The summed E-state index contributed by atoms with van der Waals surface area (Å²) in [6.07, 6.45) is 2.51. The van der Waals surface area contributed by atoms with Gasteiger partial charge < -0.3 is 19.7 Å². The molecule has 0 aliphatic carbocycles. The normalized spacial score (nSPS) is 11.0. The first-order valence-electron chi connectivity index (χ1n) is 7.59. The number of methoxy groups -OCH3 is 1. The van der Waals surface area contributed by atoms with E-state index in [0.717, 1.165) is 0 Å². The van der Waals surface area contributed by atoms with E-state index >= 15 is 0 Å². The largest absolute Gasteiger partial charge is 0.493 e. The van der Waals surface area contributed by atoms with E-state index in [1.165, 1.54) is 43.3 Å². The molecule has 25 heavy (non-hydrogen) atoms. The Balaban J connectivity index is 2.86. The fourth-order valence-corrected chi connectivity index (χ4v) is 1.99. The summed E-state index contributed by atoms with van der Waals surface area (Å²) in [5.41, 5.74) is 0.257. The number of benzene rings is 1. The zero-order chi connectivity index (χ0) is 19.0. The van der Waals surface area contributed by atoms with Crippen LogP contribution in [0.5, 0.6) is 11.5 Å². The quantitative estimate of drug-likeness (QED) is 0.726. The number of likely N-dealkylation sites (N-methyl/N-ethyl adjacent to an activating group) is 1. The van der Waals surface area contributed by atoms with Crippen LogP contribution in [-0.2, 0) is 9.59 Å². The van der Waals surface area contributed by atoms with Crippen molar-refractivity contribution in [2.75, 3.05) is 20.7 Å². The molecule has 138 valence electrons. The molecule has 0 aliphatic rings. The van der Waals surface area contributed by atoms with Crippen molar-refractivity contribution in [1.82, 2.24) is 10.2 Å². The second kappa shape index (κ2) is 9.61. The molecule has 0 aromatic heterocycles. The van der Waals surface area contributed by atoms with Gasteiger partial charge in [0.1, 0.15) is 0 Å². The van der Waals surface area contributed by atoms with Crippen molar-refractivity contribution >= 4 is 17.9 Å². The second-order valence-corrected chi connectivity index (χ2v) is 5.51. The monoisotopic (exact) mass is 356 g/mol. The van der Waals surface area contributed by atoms with E-state index in [1.54, 1.807) is 6.07 Å². The van der Waals surface area contributed by atoms with Crippen LogP contribution in [0.25, 0.3) is 6.08 Å². The summed E-state index contributed by atoms with van der Waals surface area (Å²) in [5, 5.41) is 2.67. The number of para-hydroxylation sites is 1. The van der Waals surface area contributed by atoms with Crippen LogP contribution in [0, 0.1) is 0 Å². The van der Waals surface area contributed by atoms with Gasteiger partial charge in [-0.15, -0.1) is 0 Å². The fourth-order valence-electron chi connectivity index (χ4n) is 1.99. The van der Waals surface area contributed by atoms with Gasteiger partial charge in [0.15, 0.2) is 11.5 Å². The first kappa shape index (κ1) is 20.4. The van der Waals surface area contributed by atoms with Crippen molar-refractivity contribution < 1.29 is 27.8 Å². The number of ether oxygens (including phenoxy) is 2. The molecule has 0 atom stereocenters. The number of rotatable bonds is 8. The molecule has 0 radical (unpaired) electrons. The van der Waals surface area contributed by atoms with Crippen molar-refractivity contribution in [3.05, 3.63) is 29.8 Å². The molecule has 0 aliphatic heterocycles. The van der Waals surface area contributed by atoms with Gasteiger partial charge >= 0.3 is 6.61 Å². The lowest BCUT2D eigenvalue weighted by Crippen LogP contribution is -2.40. The minimum atomic E-state index is -3.03. The molecule has 2 amide bonds. The molecule has 1 N–H and O–H groups in total. The second-order valence-electron chi connectivity index (χ2n) is 5.51. The smallest absolute Gasteiger partial charge is 0.387 e. The lowest BCUT2D eigenvalue weighted by atomic mass is 10.1. The number of carbonyl (C=O) groups excluding carboxylic acids is 2. The van der Waals surface area contributed by atoms with Gasteiger partial charge in [0.05, 0.1) is 13.7 Å². The Morgan fingerprint density at radius 2 is 2.00 bits per heavy atom. The molecule has 1 rings (SSSR count). The van der Waals surface area contributed by atoms with E-state index in [0.29, 0.717) is 0 Å². The van der Waals surface area contributed by atoms with Crippen LogP contribution in [0.4, 0.5) is 8.78 Å². The average molecular weight is 356 g/mol. The molecule has 0 heterocycles. The Hall–Kier alpha value is -2.64. The van der Waals surface area contributed by atoms with Crippen LogP contribution in [0.3, 0.4) is 0 Å². The molecule has 0 unspecified atom stereocenters. The third-order valence-corrected chi connectivity index (χ3v) is 3.05. The van der Waals surface area contributed by atoms with Gasteiger partial charge in [0, 0.05) is 24.7 Å². The predicted octanol–water partition coefficient (Wildman–Crippen LogP) is 2.29. The van der Waals surface area contributed by atoms with Gasteiger partial charge in [-0.25, -0.2) is 0 Å². The zero-order valence-electron chi connectivity index (χ0n) is 14.6. The van der Waals surface area contributed by atoms with Gasteiger partial charge in [-0.3, -0.25) is 9.59 Å². The molecule has 6 nitrogen and oxygen atoms in total. The SMILES string of the molecule is COc1cccc(/C=C/C(=O)N(C)CC(=O)NC(C)C)c1OC(F)F. The van der Waals surface area contributed by atoms with Gasteiger partial charge in [-0.2, -0.15) is 8.78 Å². The van der Waals surface area contributed by atoms with E-state index in [4.69, 9.17) is 4.74 Å². The van der Waals surface area contributed by atoms with E-state index in [9.17, 15) is 18.4 Å². The maximum absolute atomic E-state index is 12.6. The van der Waals surface area contributed by atoms with E-state index in [2.05, 4.69) is 10.1 Å². The van der Waals surface area contributed by atoms with Crippen LogP contribution < -0.4 is 14.8 Å². The molecular weight excluding hydrogens is 334 g/mol. The van der Waals surface area contributed by atoms with Crippen LogP contribution >= 0.6 is 0 Å². The number of nitrogens with zero attached hydrogens (tertiary/aromatic N) is 1. The van der Waals surface area contributed by atoms with Gasteiger partial charge in [-0.05, 0) is 26.0 Å². The van der Waals surface area contributed by atoms with Crippen LogP contribution in [-0.4, -0.2) is 50.1 Å². The molecular formula is C17H22F2N2O4. The summed E-state index contributed by atoms with van der Waals surface area (Å²) in [6, 6.07) is 4.54. The molecule has 8 heteroatoms. The van der Waals surface area contributed by atoms with Crippen molar-refractivity contribution in [2.45, 2.75) is 26.5 Å². The number of halogens is 2. The number of nitrogens with one attached hydrogen (secondary N) is 1. The lowest BCUT2D eigenvalue weighted by Gasteiger charge is -2.16. The number of alkyl halides is 2. The predicted molar refractivity (Wildman–Crippen MR) is 89.6 cm³/mol. The minimum Gasteiger partial charge on any atom is -0.493 e. The first-order valence-corrected chi connectivity index (χ1v) is 7.59. The van der Waals surface area contributed by atoms with Gasteiger partial charge in [0.25, 0.3) is 0 Å². The summed E-state index contributed by atoms with van der Waals surface area (Å²) in [5.74, 6) is -0.782. The van der Waals surface area contributed by atoms with Crippen molar-refractivity contribution in [2.24, 2.45) is 0 Å². The van der Waals surface area contributed by atoms with Crippen molar-refractivity contribution in [3.8, 4) is 11.5 Å². The zero-order valence-corrected chi connectivity index (χ0v) is 14.6. The molecule has 1 aromatic carbocycles. The van der Waals surface area contributed by atoms with Crippen LogP contribution in [0.15, 0.2) is 24.3 Å². The molecule has 0 saturated heterocycles. The van der Waals surface area contributed by atoms with Gasteiger partial charge in [0.2, 0.25) is 11.8 Å². The Morgan fingerprint density at radius 3 is 2.56 bits per heavy atom. The third kappa shape index (κ3) is 6.78. The highest BCUT2D eigenvalue weighted by Crippen LogP contribution is 2.33. The van der Waals surface area contributed by atoms with E-state index < -0.39 is 12.5 Å². The summed E-state index contributed by atoms with van der Waals surface area (Å²) >= 11 is 0. The molecule has 0 spiro atoms. The Labute approximate surface area is 145 Å². The van der Waals surface area contributed by atoms with Crippen molar-refractivity contribution in [3.63, 3.8) is 0 Å². The Kier molecular flexibility index (Phi) is 7.84. The van der Waals surface area contributed by atoms with Gasteiger partial charge in [-0.1, -0.05) is 12.1 Å². The maximum atomic E-state index is 12.6. The first-order chi connectivity index (χ1) is 11.7. The van der Waals surface area contributed by atoms with Crippen molar-refractivity contribution in [1.29, 1.82) is 0 Å². The van der Waals surface area contributed by atoms with Crippen LogP contribution in [0.1, 0.15) is 19.4 Å². The molecule has 0 fully saturated rings. The summed E-state index contributed by atoms with van der Waals surface area (Å²) in [4.78, 5) is 24.9. The highest BCUT2D eigenvalue weighted by atomic mass is 19.3. The minimum absolute atomic E-state index is 0.0302. The molecule has 0 saturated carbocycles.